The predicted molar refractivity (Wildman–Crippen MR) is 155 cm³/mol. The highest BCUT2D eigenvalue weighted by Gasteiger charge is 2.14. The minimum absolute atomic E-state index is 0.122. The highest BCUT2D eigenvalue weighted by molar-refractivity contribution is 5.98. The second-order valence-corrected chi connectivity index (χ2v) is 8.96. The summed E-state index contributed by atoms with van der Waals surface area (Å²) in [6, 6.07) is 19.0. The lowest BCUT2D eigenvalue weighted by atomic mass is 10.1. The maximum Gasteiger partial charge on any atom is 0.246 e. The van der Waals surface area contributed by atoms with Crippen LogP contribution in [-0.4, -0.2) is 58.3 Å². The van der Waals surface area contributed by atoms with Gasteiger partial charge in [-0.05, 0) is 49.8 Å². The number of anilines is 1. The third-order valence-corrected chi connectivity index (χ3v) is 5.90. The van der Waals surface area contributed by atoms with E-state index >= 15 is 0 Å². The number of nitrogens with one attached hydrogen (secondary N) is 1. The fraction of sp³-hybridized carbons (Fsp3) is 0.226. The van der Waals surface area contributed by atoms with E-state index in [0.29, 0.717) is 42.6 Å². The summed E-state index contributed by atoms with van der Waals surface area (Å²) in [5.74, 6) is 0.511. The molecule has 0 aliphatic rings. The summed E-state index contributed by atoms with van der Waals surface area (Å²) in [4.78, 5) is 31.1. The Kier molecular flexibility index (Phi) is 9.66. The Morgan fingerprint density at radius 3 is 2.50 bits per heavy atom. The molecule has 0 spiro atoms. The van der Waals surface area contributed by atoms with E-state index in [9.17, 15) is 9.59 Å². The van der Waals surface area contributed by atoms with E-state index < -0.39 is 0 Å². The van der Waals surface area contributed by atoms with Crippen LogP contribution in [0.25, 0.3) is 17.3 Å². The Labute approximate surface area is 234 Å². The average Bonchev–Trinajstić information content (AvgIpc) is 3.36. The molecule has 0 unspecified atom stereocenters. The number of hydrogen-bond donors (Lipinski definition) is 1. The van der Waals surface area contributed by atoms with Crippen molar-refractivity contribution in [1.82, 2.24) is 19.7 Å². The fourth-order valence-electron chi connectivity index (χ4n) is 4.05. The van der Waals surface area contributed by atoms with Gasteiger partial charge in [0.05, 0.1) is 26.3 Å². The second-order valence-electron chi connectivity index (χ2n) is 8.96. The van der Waals surface area contributed by atoms with Gasteiger partial charge in [0, 0.05) is 54.6 Å². The Bertz CT molecular complexity index is 1450. The number of hydrogen-bond acceptors (Lipinski definition) is 6. The van der Waals surface area contributed by atoms with E-state index in [1.54, 1.807) is 43.7 Å². The topological polar surface area (TPSA) is 98.6 Å². The summed E-state index contributed by atoms with van der Waals surface area (Å²) >= 11 is 0. The maximum absolute atomic E-state index is 12.9. The molecule has 2 heterocycles. The molecule has 0 saturated carbocycles. The lowest BCUT2D eigenvalue weighted by Crippen LogP contribution is -2.33. The van der Waals surface area contributed by atoms with Crippen LogP contribution in [0.4, 0.5) is 5.69 Å². The number of nitrogens with zero attached hydrogens (tertiary/aromatic N) is 4. The first-order valence-electron chi connectivity index (χ1n) is 13.1. The third kappa shape index (κ3) is 7.57. The minimum atomic E-state index is -0.331. The van der Waals surface area contributed by atoms with Crippen LogP contribution in [0, 0.1) is 0 Å². The zero-order valence-electron chi connectivity index (χ0n) is 22.9. The first-order valence-corrected chi connectivity index (χ1v) is 13.1. The molecule has 40 heavy (non-hydrogen) atoms. The Balaban J connectivity index is 1.43. The Hall–Kier alpha value is -4.92. The van der Waals surface area contributed by atoms with Gasteiger partial charge in [-0.1, -0.05) is 30.3 Å². The summed E-state index contributed by atoms with van der Waals surface area (Å²) in [7, 11) is 1.58. The van der Waals surface area contributed by atoms with Gasteiger partial charge in [0.1, 0.15) is 5.69 Å². The molecule has 0 aliphatic heterocycles. The van der Waals surface area contributed by atoms with Gasteiger partial charge in [0.2, 0.25) is 11.8 Å². The third-order valence-electron chi connectivity index (χ3n) is 5.90. The molecule has 0 fully saturated rings. The van der Waals surface area contributed by atoms with Gasteiger partial charge in [-0.3, -0.25) is 19.3 Å². The molecule has 0 bridgehead atoms. The van der Waals surface area contributed by atoms with Gasteiger partial charge in [-0.25, -0.2) is 0 Å². The van der Waals surface area contributed by atoms with Crippen molar-refractivity contribution in [3.63, 3.8) is 0 Å². The number of benzene rings is 2. The van der Waals surface area contributed by atoms with E-state index in [2.05, 4.69) is 10.3 Å². The zero-order chi connectivity index (χ0) is 28.3. The van der Waals surface area contributed by atoms with Crippen molar-refractivity contribution in [3.8, 4) is 22.8 Å². The standard InChI is InChI=1S/C31H33N5O4/c1-4-39-27-15-14-26(18-28(27)40-5-2)33-29(37)22-35(3)30(38)16-13-25-21-36(20-23-10-7-6-8-11-23)34-31(25)24-12-9-17-32-19-24/h6-19,21H,4-5,20,22H2,1-3H3,(H,33,37). The molecule has 2 aromatic heterocycles. The van der Waals surface area contributed by atoms with Gasteiger partial charge in [0.25, 0.3) is 0 Å². The number of amides is 2. The maximum atomic E-state index is 12.9. The number of pyridine rings is 1. The van der Waals surface area contributed by atoms with Crippen LogP contribution in [0.1, 0.15) is 25.0 Å². The lowest BCUT2D eigenvalue weighted by Gasteiger charge is -2.16. The van der Waals surface area contributed by atoms with Gasteiger partial charge in [-0.15, -0.1) is 0 Å². The number of carbonyl (C=O) groups is 2. The van der Waals surface area contributed by atoms with E-state index in [-0.39, 0.29) is 18.4 Å². The molecule has 206 valence electrons. The van der Waals surface area contributed by atoms with Gasteiger partial charge in [-0.2, -0.15) is 5.10 Å². The molecule has 2 amide bonds. The number of aromatic nitrogens is 3. The molecule has 4 rings (SSSR count). The molecule has 0 saturated heterocycles. The summed E-state index contributed by atoms with van der Waals surface area (Å²) in [6.45, 7) is 5.21. The summed E-state index contributed by atoms with van der Waals surface area (Å²) in [6.07, 6.45) is 8.50. The van der Waals surface area contributed by atoms with Crippen molar-refractivity contribution in [2.24, 2.45) is 0 Å². The van der Waals surface area contributed by atoms with Crippen LogP contribution >= 0.6 is 0 Å². The van der Waals surface area contributed by atoms with Crippen LogP contribution in [0.5, 0.6) is 11.5 Å². The van der Waals surface area contributed by atoms with Crippen molar-refractivity contribution >= 4 is 23.6 Å². The van der Waals surface area contributed by atoms with E-state index in [1.807, 2.05) is 67.2 Å². The molecular weight excluding hydrogens is 506 g/mol. The number of likely N-dealkylation sites (N-methyl/N-ethyl adjacent to an activating group) is 1. The molecule has 2 aromatic carbocycles. The van der Waals surface area contributed by atoms with Gasteiger partial charge < -0.3 is 19.7 Å². The first kappa shape index (κ1) is 28.1. The minimum Gasteiger partial charge on any atom is -0.490 e. The largest absolute Gasteiger partial charge is 0.490 e. The highest BCUT2D eigenvalue weighted by Crippen LogP contribution is 2.30. The van der Waals surface area contributed by atoms with Crippen molar-refractivity contribution in [3.05, 3.63) is 96.5 Å². The molecule has 1 N–H and O–H groups in total. The molecule has 0 aliphatic carbocycles. The van der Waals surface area contributed by atoms with Crippen LogP contribution < -0.4 is 14.8 Å². The van der Waals surface area contributed by atoms with Gasteiger partial charge >= 0.3 is 0 Å². The van der Waals surface area contributed by atoms with Crippen LogP contribution in [0.2, 0.25) is 0 Å². The van der Waals surface area contributed by atoms with Crippen LogP contribution in [-0.2, 0) is 16.1 Å². The fourth-order valence-corrected chi connectivity index (χ4v) is 4.05. The smallest absolute Gasteiger partial charge is 0.246 e. The van der Waals surface area contributed by atoms with Crippen molar-refractivity contribution in [2.75, 3.05) is 32.1 Å². The molecular formula is C31H33N5O4. The molecule has 0 radical (unpaired) electrons. The summed E-state index contributed by atoms with van der Waals surface area (Å²) in [5.41, 5.74) is 4.00. The van der Waals surface area contributed by atoms with E-state index in [4.69, 9.17) is 14.6 Å². The van der Waals surface area contributed by atoms with E-state index in [0.717, 1.165) is 16.7 Å². The van der Waals surface area contributed by atoms with Crippen LogP contribution in [0.3, 0.4) is 0 Å². The van der Waals surface area contributed by atoms with Crippen LogP contribution in [0.15, 0.2) is 85.3 Å². The van der Waals surface area contributed by atoms with Gasteiger partial charge in [0.15, 0.2) is 11.5 Å². The molecule has 9 heteroatoms. The van der Waals surface area contributed by atoms with Crippen molar-refractivity contribution < 1.29 is 19.1 Å². The summed E-state index contributed by atoms with van der Waals surface area (Å²) < 4.78 is 13.0. The Morgan fingerprint density at radius 1 is 1.00 bits per heavy atom. The molecule has 9 nitrogen and oxygen atoms in total. The number of rotatable bonds is 12. The summed E-state index contributed by atoms with van der Waals surface area (Å²) in [5, 5.41) is 7.56. The Morgan fingerprint density at radius 2 is 1.77 bits per heavy atom. The zero-order valence-corrected chi connectivity index (χ0v) is 22.9. The first-order chi connectivity index (χ1) is 19.5. The number of carbonyl (C=O) groups excluding carboxylic acids is 2. The second kappa shape index (κ2) is 13.7. The predicted octanol–water partition coefficient (Wildman–Crippen LogP) is 4.90. The monoisotopic (exact) mass is 539 g/mol. The number of ether oxygens (including phenoxy) is 2. The normalized spacial score (nSPS) is 10.9. The van der Waals surface area contributed by atoms with Crippen molar-refractivity contribution in [1.29, 1.82) is 0 Å². The average molecular weight is 540 g/mol. The molecule has 4 aromatic rings. The van der Waals surface area contributed by atoms with Crippen molar-refractivity contribution in [2.45, 2.75) is 20.4 Å². The highest BCUT2D eigenvalue weighted by atomic mass is 16.5. The van der Waals surface area contributed by atoms with E-state index in [1.165, 1.54) is 11.0 Å². The molecule has 0 atom stereocenters. The SMILES string of the molecule is CCOc1ccc(NC(=O)CN(C)C(=O)C=Cc2cn(Cc3ccccc3)nc2-c2cccnc2)cc1OCC. The quantitative estimate of drug-likeness (QED) is 0.257. The lowest BCUT2D eigenvalue weighted by molar-refractivity contribution is -0.129.